The molecule has 0 radical (unpaired) electrons. The van der Waals surface area contributed by atoms with Crippen LogP contribution in [0.15, 0.2) is 24.3 Å². The average Bonchev–Trinajstić information content (AvgIpc) is 2.60. The van der Waals surface area contributed by atoms with Gasteiger partial charge >= 0.3 is 0 Å². The van der Waals surface area contributed by atoms with E-state index in [0.717, 1.165) is 32.5 Å². The molecule has 0 amide bonds. The largest absolute Gasteiger partial charge is 0.295 e. The zero-order valence-electron chi connectivity index (χ0n) is 8.37. The van der Waals surface area contributed by atoms with Gasteiger partial charge in [-0.1, -0.05) is 24.3 Å². The second kappa shape index (κ2) is 4.30. The van der Waals surface area contributed by atoms with Crippen molar-refractivity contribution in [3.8, 4) is 12.3 Å². The second-order valence-corrected chi connectivity index (χ2v) is 3.79. The number of benzene rings is 1. The van der Waals surface area contributed by atoms with Crippen molar-refractivity contribution in [3.63, 3.8) is 0 Å². The van der Waals surface area contributed by atoms with Gasteiger partial charge in [0.2, 0.25) is 0 Å². The number of hydrogen-bond donors (Lipinski definition) is 0. The summed E-state index contributed by atoms with van der Waals surface area (Å²) in [5, 5.41) is 0. The van der Waals surface area contributed by atoms with Crippen molar-refractivity contribution >= 4 is 0 Å². The van der Waals surface area contributed by atoms with Gasteiger partial charge in [-0.15, -0.1) is 12.3 Å². The normalized spacial score (nSPS) is 15.1. The summed E-state index contributed by atoms with van der Waals surface area (Å²) in [4.78, 5) is 2.46. The number of terminal acetylenes is 1. The Kier molecular flexibility index (Phi) is 2.86. The summed E-state index contributed by atoms with van der Waals surface area (Å²) in [5.41, 5.74) is 2.96. The molecule has 0 aliphatic carbocycles. The van der Waals surface area contributed by atoms with E-state index in [1.807, 2.05) is 0 Å². The highest BCUT2D eigenvalue weighted by Crippen LogP contribution is 2.21. The van der Waals surface area contributed by atoms with E-state index < -0.39 is 0 Å². The van der Waals surface area contributed by atoms with Crippen LogP contribution in [-0.2, 0) is 13.1 Å². The van der Waals surface area contributed by atoms with Gasteiger partial charge in [0.05, 0.1) is 0 Å². The highest BCUT2D eigenvalue weighted by molar-refractivity contribution is 5.30. The molecule has 0 atom stereocenters. The number of nitrogens with zero attached hydrogens (tertiary/aromatic N) is 1. The molecule has 1 aromatic carbocycles. The van der Waals surface area contributed by atoms with E-state index in [1.54, 1.807) is 0 Å². The van der Waals surface area contributed by atoms with Gasteiger partial charge in [0.25, 0.3) is 0 Å². The molecular formula is C13H15N. The summed E-state index contributed by atoms with van der Waals surface area (Å²) in [7, 11) is 0. The lowest BCUT2D eigenvalue weighted by molar-refractivity contribution is 0.282. The van der Waals surface area contributed by atoms with Crippen molar-refractivity contribution in [2.75, 3.05) is 6.54 Å². The van der Waals surface area contributed by atoms with Crippen LogP contribution in [-0.4, -0.2) is 11.4 Å². The van der Waals surface area contributed by atoms with E-state index in [1.165, 1.54) is 11.1 Å². The first-order valence-electron chi connectivity index (χ1n) is 5.13. The van der Waals surface area contributed by atoms with Crippen LogP contribution in [0.3, 0.4) is 0 Å². The second-order valence-electron chi connectivity index (χ2n) is 3.79. The van der Waals surface area contributed by atoms with E-state index in [4.69, 9.17) is 6.42 Å². The molecule has 0 bridgehead atoms. The molecule has 1 nitrogen and oxygen atoms in total. The van der Waals surface area contributed by atoms with Crippen LogP contribution in [0.5, 0.6) is 0 Å². The fourth-order valence-electron chi connectivity index (χ4n) is 1.97. The fourth-order valence-corrected chi connectivity index (χ4v) is 1.97. The smallest absolute Gasteiger partial charge is 0.0240 e. The first-order valence-corrected chi connectivity index (χ1v) is 5.13. The summed E-state index contributed by atoms with van der Waals surface area (Å²) in [6.07, 6.45) is 7.24. The van der Waals surface area contributed by atoms with Gasteiger partial charge in [-0.05, 0) is 24.1 Å². The number of fused-ring (bicyclic) bond motifs is 1. The average molecular weight is 185 g/mol. The van der Waals surface area contributed by atoms with Gasteiger partial charge in [0, 0.05) is 19.5 Å². The molecule has 0 fully saturated rings. The van der Waals surface area contributed by atoms with Crippen molar-refractivity contribution in [2.24, 2.45) is 0 Å². The van der Waals surface area contributed by atoms with Crippen LogP contribution in [0, 0.1) is 12.3 Å². The zero-order chi connectivity index (χ0) is 9.80. The third-order valence-electron chi connectivity index (χ3n) is 2.70. The van der Waals surface area contributed by atoms with Crippen LogP contribution in [0.2, 0.25) is 0 Å². The van der Waals surface area contributed by atoms with Gasteiger partial charge in [-0.2, -0.15) is 0 Å². The Bertz CT molecular complexity index is 323. The molecule has 0 unspecified atom stereocenters. The molecule has 1 aromatic rings. The maximum Gasteiger partial charge on any atom is 0.0240 e. The first kappa shape index (κ1) is 9.30. The van der Waals surface area contributed by atoms with E-state index >= 15 is 0 Å². The SMILES string of the molecule is C#CCCCN1Cc2ccccc2C1. The Morgan fingerprint density at radius 3 is 2.43 bits per heavy atom. The Hall–Kier alpha value is -1.26. The third kappa shape index (κ3) is 1.97. The van der Waals surface area contributed by atoms with Crippen molar-refractivity contribution in [1.29, 1.82) is 0 Å². The van der Waals surface area contributed by atoms with Gasteiger partial charge in [0.1, 0.15) is 0 Å². The van der Waals surface area contributed by atoms with Crippen molar-refractivity contribution in [3.05, 3.63) is 35.4 Å². The van der Waals surface area contributed by atoms with E-state index in [9.17, 15) is 0 Å². The number of hydrogen-bond acceptors (Lipinski definition) is 1. The van der Waals surface area contributed by atoms with Crippen LogP contribution in [0.25, 0.3) is 0 Å². The Morgan fingerprint density at radius 2 is 1.86 bits per heavy atom. The molecule has 0 spiro atoms. The predicted molar refractivity (Wildman–Crippen MR) is 58.6 cm³/mol. The minimum Gasteiger partial charge on any atom is -0.295 e. The zero-order valence-corrected chi connectivity index (χ0v) is 8.37. The molecule has 14 heavy (non-hydrogen) atoms. The monoisotopic (exact) mass is 185 g/mol. The van der Waals surface area contributed by atoms with Crippen molar-refractivity contribution in [1.82, 2.24) is 4.90 Å². The van der Waals surface area contributed by atoms with Gasteiger partial charge in [0.15, 0.2) is 0 Å². The van der Waals surface area contributed by atoms with E-state index in [0.29, 0.717) is 0 Å². The molecule has 1 aliphatic heterocycles. The molecule has 2 rings (SSSR count). The van der Waals surface area contributed by atoms with Crippen LogP contribution in [0.1, 0.15) is 24.0 Å². The topological polar surface area (TPSA) is 3.24 Å². The minimum absolute atomic E-state index is 0.896. The molecule has 0 saturated heterocycles. The van der Waals surface area contributed by atoms with E-state index in [2.05, 4.69) is 35.1 Å². The van der Waals surface area contributed by atoms with Crippen LogP contribution in [0.4, 0.5) is 0 Å². The van der Waals surface area contributed by atoms with E-state index in [-0.39, 0.29) is 0 Å². The molecule has 72 valence electrons. The summed E-state index contributed by atoms with van der Waals surface area (Å²) >= 11 is 0. The third-order valence-corrected chi connectivity index (χ3v) is 2.70. The lowest BCUT2D eigenvalue weighted by atomic mass is 10.1. The summed E-state index contributed by atoms with van der Waals surface area (Å²) in [6, 6.07) is 8.67. The highest BCUT2D eigenvalue weighted by atomic mass is 15.1. The Balaban J connectivity index is 1.89. The van der Waals surface area contributed by atoms with Gasteiger partial charge in [-0.25, -0.2) is 0 Å². The van der Waals surface area contributed by atoms with Crippen LogP contribution >= 0.6 is 0 Å². The molecular weight excluding hydrogens is 170 g/mol. The van der Waals surface area contributed by atoms with Crippen molar-refractivity contribution in [2.45, 2.75) is 25.9 Å². The predicted octanol–water partition coefficient (Wildman–Crippen LogP) is 2.42. The summed E-state index contributed by atoms with van der Waals surface area (Å²) in [5.74, 6) is 2.69. The maximum absolute atomic E-state index is 5.23. The fraction of sp³-hybridized carbons (Fsp3) is 0.385. The van der Waals surface area contributed by atoms with Gasteiger partial charge < -0.3 is 0 Å². The molecule has 0 aromatic heterocycles. The maximum atomic E-state index is 5.23. The number of rotatable bonds is 3. The Labute approximate surface area is 85.7 Å². The minimum atomic E-state index is 0.896. The molecule has 1 heterocycles. The molecule has 1 heteroatoms. The lowest BCUT2D eigenvalue weighted by Crippen LogP contribution is -2.17. The summed E-state index contributed by atoms with van der Waals surface area (Å²) in [6.45, 7) is 3.32. The first-order chi connectivity index (χ1) is 6.90. The lowest BCUT2D eigenvalue weighted by Gasteiger charge is -2.12. The molecule has 0 N–H and O–H groups in total. The highest BCUT2D eigenvalue weighted by Gasteiger charge is 2.16. The quantitative estimate of drug-likeness (QED) is 0.516. The standard InChI is InChI=1S/C13H15N/c1-2-3-6-9-14-10-12-7-4-5-8-13(12)11-14/h1,4-5,7-8H,3,6,9-11H2. The number of unbranched alkanes of at least 4 members (excludes halogenated alkanes) is 1. The molecule has 0 saturated carbocycles. The summed E-state index contributed by atoms with van der Waals surface area (Å²) < 4.78 is 0. The Morgan fingerprint density at radius 1 is 1.21 bits per heavy atom. The van der Waals surface area contributed by atoms with Crippen LogP contribution < -0.4 is 0 Å². The van der Waals surface area contributed by atoms with Gasteiger partial charge in [-0.3, -0.25) is 4.90 Å². The molecule has 1 aliphatic rings. The van der Waals surface area contributed by atoms with Crippen molar-refractivity contribution < 1.29 is 0 Å².